The lowest BCUT2D eigenvalue weighted by Crippen LogP contribution is -2.19. The van der Waals surface area contributed by atoms with Gasteiger partial charge >= 0.3 is 5.97 Å². The molecule has 2 aromatic rings. The van der Waals surface area contributed by atoms with Crippen LogP contribution in [0.3, 0.4) is 0 Å². The maximum absolute atomic E-state index is 12.2. The van der Waals surface area contributed by atoms with Gasteiger partial charge in [-0.05, 0) is 30.9 Å². The highest BCUT2D eigenvalue weighted by atomic mass is 32.1. The number of ketones is 2. The van der Waals surface area contributed by atoms with Gasteiger partial charge in [-0.3, -0.25) is 9.59 Å². The molecule has 1 aliphatic rings. The molecule has 0 aromatic carbocycles. The van der Waals surface area contributed by atoms with E-state index in [2.05, 4.69) is 0 Å². The van der Waals surface area contributed by atoms with Crippen LogP contribution in [0, 0.1) is 6.92 Å². The minimum absolute atomic E-state index is 0.276. The normalized spacial score (nSPS) is 13.1. The topological polar surface area (TPSA) is 60.4 Å². The van der Waals surface area contributed by atoms with E-state index in [1.165, 1.54) is 22.7 Å². The van der Waals surface area contributed by atoms with E-state index in [0.717, 1.165) is 4.88 Å². The summed E-state index contributed by atoms with van der Waals surface area (Å²) in [6.07, 6.45) is 0. The van der Waals surface area contributed by atoms with E-state index in [-0.39, 0.29) is 6.61 Å². The second kappa shape index (κ2) is 4.64. The van der Waals surface area contributed by atoms with Crippen molar-refractivity contribution in [3.63, 3.8) is 0 Å². The lowest BCUT2D eigenvalue weighted by molar-refractivity contribution is 0.0531. The number of thiophene rings is 2. The van der Waals surface area contributed by atoms with Crippen molar-refractivity contribution in [2.75, 3.05) is 6.61 Å². The first-order valence-corrected chi connectivity index (χ1v) is 7.73. The Morgan fingerprint density at radius 2 is 2.00 bits per heavy atom. The largest absolute Gasteiger partial charge is 0.462 e. The van der Waals surface area contributed by atoms with Gasteiger partial charge in [0.25, 0.3) is 0 Å². The number of carbonyl (C=O) groups is 3. The molecule has 6 heteroatoms. The molecule has 0 unspecified atom stereocenters. The van der Waals surface area contributed by atoms with E-state index in [4.69, 9.17) is 4.74 Å². The van der Waals surface area contributed by atoms with E-state index >= 15 is 0 Å². The summed E-state index contributed by atoms with van der Waals surface area (Å²) in [5, 5.41) is 1.78. The van der Waals surface area contributed by atoms with Crippen molar-refractivity contribution in [1.82, 2.24) is 0 Å². The summed E-state index contributed by atoms with van der Waals surface area (Å²) in [5.41, 5.74) is 1.34. The van der Waals surface area contributed by atoms with Gasteiger partial charge in [-0.1, -0.05) is 0 Å². The average molecular weight is 306 g/mol. The van der Waals surface area contributed by atoms with Gasteiger partial charge in [0, 0.05) is 11.1 Å². The van der Waals surface area contributed by atoms with Gasteiger partial charge in [-0.2, -0.15) is 0 Å². The summed E-state index contributed by atoms with van der Waals surface area (Å²) >= 11 is 2.63. The van der Waals surface area contributed by atoms with Crippen molar-refractivity contribution in [3.8, 4) is 9.75 Å². The van der Waals surface area contributed by atoms with Crippen LogP contribution >= 0.6 is 22.7 Å². The quantitative estimate of drug-likeness (QED) is 0.630. The molecule has 0 saturated heterocycles. The standard InChI is InChI=1S/C14H10O4S2/c1-3-18-14(17)11-6(2)8-10(16)9(15)7-4-5-19-12(7)13(8)20-11/h4-5H,3H2,1-2H3. The van der Waals surface area contributed by atoms with E-state index < -0.39 is 17.5 Å². The van der Waals surface area contributed by atoms with Crippen molar-refractivity contribution in [2.45, 2.75) is 13.8 Å². The monoisotopic (exact) mass is 306 g/mol. The number of fused-ring (bicyclic) bond motifs is 3. The van der Waals surface area contributed by atoms with Gasteiger partial charge < -0.3 is 4.74 Å². The maximum Gasteiger partial charge on any atom is 0.348 e. The maximum atomic E-state index is 12.2. The summed E-state index contributed by atoms with van der Waals surface area (Å²) in [6.45, 7) is 3.69. The summed E-state index contributed by atoms with van der Waals surface area (Å²) in [4.78, 5) is 38.0. The lowest BCUT2D eigenvalue weighted by atomic mass is 9.92. The Morgan fingerprint density at radius 1 is 1.25 bits per heavy atom. The van der Waals surface area contributed by atoms with E-state index in [1.54, 1.807) is 25.3 Å². The Bertz CT molecular complexity index is 751. The highest BCUT2D eigenvalue weighted by Crippen LogP contribution is 2.44. The number of ether oxygens (including phenoxy) is 1. The van der Waals surface area contributed by atoms with Crippen LogP contribution in [-0.2, 0) is 4.74 Å². The molecule has 0 saturated carbocycles. The van der Waals surface area contributed by atoms with Gasteiger partial charge in [-0.15, -0.1) is 22.7 Å². The summed E-state index contributed by atoms with van der Waals surface area (Å²) in [6, 6.07) is 1.66. The molecule has 102 valence electrons. The molecule has 1 aliphatic carbocycles. The second-order valence-corrected chi connectivity index (χ2v) is 6.24. The first-order chi connectivity index (χ1) is 9.56. The van der Waals surface area contributed by atoms with Gasteiger partial charge in [0.1, 0.15) is 4.88 Å². The minimum atomic E-state index is -0.532. The highest BCUT2D eigenvalue weighted by Gasteiger charge is 2.36. The van der Waals surface area contributed by atoms with Crippen LogP contribution in [0.15, 0.2) is 11.4 Å². The number of Topliss-reactive ketones (excluding diaryl/α,β-unsaturated/α-hetero) is 2. The van der Waals surface area contributed by atoms with E-state index in [1.807, 2.05) is 0 Å². The summed E-state index contributed by atoms with van der Waals surface area (Å²) in [5.74, 6) is -1.47. The Kier molecular flexibility index (Phi) is 3.07. The molecule has 0 N–H and O–H groups in total. The van der Waals surface area contributed by atoms with Gasteiger partial charge in [0.05, 0.1) is 16.4 Å². The molecule has 0 radical (unpaired) electrons. The molecule has 20 heavy (non-hydrogen) atoms. The molecule has 4 nitrogen and oxygen atoms in total. The minimum Gasteiger partial charge on any atom is -0.462 e. The van der Waals surface area contributed by atoms with Crippen molar-refractivity contribution < 1.29 is 19.1 Å². The number of rotatable bonds is 2. The fourth-order valence-corrected chi connectivity index (χ4v) is 4.50. The average Bonchev–Trinajstić information content (AvgIpc) is 3.01. The van der Waals surface area contributed by atoms with Gasteiger partial charge in [-0.25, -0.2) is 4.79 Å². The van der Waals surface area contributed by atoms with Crippen LogP contribution in [0.4, 0.5) is 0 Å². The molecule has 3 rings (SSSR count). The fourth-order valence-electron chi connectivity index (χ4n) is 2.24. The smallest absolute Gasteiger partial charge is 0.348 e. The zero-order valence-electron chi connectivity index (χ0n) is 10.8. The van der Waals surface area contributed by atoms with Crippen molar-refractivity contribution in [2.24, 2.45) is 0 Å². The van der Waals surface area contributed by atoms with Gasteiger partial charge in [0.2, 0.25) is 11.6 Å². The number of carbonyl (C=O) groups excluding carboxylic acids is 3. The Labute approximate surface area is 123 Å². The fraction of sp³-hybridized carbons (Fsp3) is 0.214. The van der Waals surface area contributed by atoms with Crippen LogP contribution in [0.1, 0.15) is 42.9 Å². The zero-order valence-corrected chi connectivity index (χ0v) is 12.4. The third kappa shape index (κ3) is 1.68. The summed E-state index contributed by atoms with van der Waals surface area (Å²) < 4.78 is 5.00. The van der Waals surface area contributed by atoms with Gasteiger partial charge in [0.15, 0.2) is 0 Å². The molecule has 0 fully saturated rings. The predicted octanol–water partition coefficient (Wildman–Crippen LogP) is 3.34. The van der Waals surface area contributed by atoms with Crippen LogP contribution in [0.25, 0.3) is 9.75 Å². The van der Waals surface area contributed by atoms with E-state index in [0.29, 0.717) is 26.4 Å². The second-order valence-electron chi connectivity index (χ2n) is 4.30. The lowest BCUT2D eigenvalue weighted by Gasteiger charge is -2.10. The molecule has 2 aromatic heterocycles. The molecule has 0 aliphatic heterocycles. The van der Waals surface area contributed by atoms with E-state index in [9.17, 15) is 14.4 Å². The Hall–Kier alpha value is -1.79. The van der Waals surface area contributed by atoms with Crippen LogP contribution in [-0.4, -0.2) is 24.1 Å². The Balaban J connectivity index is 2.24. The predicted molar refractivity (Wildman–Crippen MR) is 77.0 cm³/mol. The molecule has 2 heterocycles. The first-order valence-electron chi connectivity index (χ1n) is 6.03. The number of hydrogen-bond donors (Lipinski definition) is 0. The highest BCUT2D eigenvalue weighted by molar-refractivity contribution is 7.23. The van der Waals surface area contributed by atoms with Crippen molar-refractivity contribution in [1.29, 1.82) is 0 Å². The Morgan fingerprint density at radius 3 is 2.70 bits per heavy atom. The molecular formula is C14H10O4S2. The first kappa shape index (κ1) is 13.2. The van der Waals surface area contributed by atoms with Crippen molar-refractivity contribution in [3.05, 3.63) is 33.0 Å². The molecule has 0 bridgehead atoms. The van der Waals surface area contributed by atoms with Crippen LogP contribution < -0.4 is 0 Å². The SMILES string of the molecule is CCOC(=O)c1sc2c(c1C)C(=O)C(=O)c1ccsc1-2. The molecular weight excluding hydrogens is 296 g/mol. The third-order valence-electron chi connectivity index (χ3n) is 3.16. The zero-order chi connectivity index (χ0) is 14.4. The van der Waals surface area contributed by atoms with Crippen LogP contribution in [0.5, 0.6) is 0 Å². The number of hydrogen-bond acceptors (Lipinski definition) is 6. The molecule has 0 atom stereocenters. The third-order valence-corrected chi connectivity index (χ3v) is 5.51. The van der Waals surface area contributed by atoms with Crippen molar-refractivity contribution >= 4 is 40.2 Å². The number of esters is 1. The summed E-state index contributed by atoms with van der Waals surface area (Å²) in [7, 11) is 0. The molecule has 0 spiro atoms. The van der Waals surface area contributed by atoms with Crippen LogP contribution in [0.2, 0.25) is 0 Å². The molecule has 0 amide bonds.